The van der Waals surface area contributed by atoms with Crippen LogP contribution in [0.2, 0.25) is 0 Å². The number of rotatable bonds is 3. The zero-order valence-electron chi connectivity index (χ0n) is 10.6. The highest BCUT2D eigenvalue weighted by atomic mass is 32.2. The molecule has 106 valence electrons. The molecule has 2 rings (SSSR count). The molecule has 0 saturated carbocycles. The summed E-state index contributed by atoms with van der Waals surface area (Å²) in [4.78, 5) is -0.468. The maximum Gasteiger partial charge on any atom is 0.246 e. The number of benzene rings is 1. The van der Waals surface area contributed by atoms with Gasteiger partial charge in [-0.25, -0.2) is 17.2 Å². The largest absolute Gasteiger partial charge is 0.330 e. The normalized spacial score (nSPS) is 20.9. The molecule has 0 aliphatic carbocycles. The summed E-state index contributed by atoms with van der Waals surface area (Å²) in [5.41, 5.74) is 5.61. The lowest BCUT2D eigenvalue weighted by Gasteiger charge is -2.17. The van der Waals surface area contributed by atoms with Gasteiger partial charge in [0.05, 0.1) is 0 Å². The minimum absolute atomic E-state index is 0.0966. The lowest BCUT2D eigenvalue weighted by Crippen LogP contribution is -2.30. The number of aryl methyl sites for hydroxylation is 1. The van der Waals surface area contributed by atoms with Gasteiger partial charge in [0.2, 0.25) is 10.0 Å². The Morgan fingerprint density at radius 2 is 2.05 bits per heavy atom. The predicted molar refractivity (Wildman–Crippen MR) is 67.0 cm³/mol. The molecule has 1 aliphatic heterocycles. The molecule has 0 radical (unpaired) electrons. The summed E-state index contributed by atoms with van der Waals surface area (Å²) in [7, 11) is -3.92. The average Bonchev–Trinajstić information content (AvgIpc) is 2.83. The van der Waals surface area contributed by atoms with Crippen molar-refractivity contribution in [2.24, 2.45) is 11.7 Å². The molecule has 1 heterocycles. The van der Waals surface area contributed by atoms with E-state index in [-0.39, 0.29) is 18.0 Å². The smallest absolute Gasteiger partial charge is 0.246 e. The van der Waals surface area contributed by atoms with Crippen LogP contribution in [0.4, 0.5) is 8.78 Å². The van der Waals surface area contributed by atoms with Gasteiger partial charge in [0.25, 0.3) is 0 Å². The van der Waals surface area contributed by atoms with Crippen molar-refractivity contribution < 1.29 is 17.2 Å². The first-order valence-corrected chi connectivity index (χ1v) is 7.46. The summed E-state index contributed by atoms with van der Waals surface area (Å²) in [6, 6.07) is 1.65. The van der Waals surface area contributed by atoms with E-state index < -0.39 is 26.6 Å². The molecular formula is C12H16F2N2O2S. The Morgan fingerprint density at radius 3 is 2.63 bits per heavy atom. The lowest BCUT2D eigenvalue weighted by molar-refractivity contribution is 0.452. The van der Waals surface area contributed by atoms with Gasteiger partial charge in [0, 0.05) is 19.2 Å². The van der Waals surface area contributed by atoms with Gasteiger partial charge >= 0.3 is 0 Å². The molecule has 4 nitrogen and oxygen atoms in total. The van der Waals surface area contributed by atoms with E-state index in [0.717, 1.165) is 6.07 Å². The summed E-state index contributed by atoms with van der Waals surface area (Å²) in [5.74, 6) is -1.71. The molecule has 1 unspecified atom stereocenters. The molecule has 2 N–H and O–H groups in total. The molecule has 19 heavy (non-hydrogen) atoms. The van der Waals surface area contributed by atoms with Crippen molar-refractivity contribution in [1.29, 1.82) is 0 Å². The molecule has 1 aromatic rings. The highest BCUT2D eigenvalue weighted by molar-refractivity contribution is 7.89. The van der Waals surface area contributed by atoms with E-state index in [1.54, 1.807) is 0 Å². The number of sulfonamides is 1. The van der Waals surface area contributed by atoms with Crippen LogP contribution in [0, 0.1) is 24.5 Å². The third-order valence-corrected chi connectivity index (χ3v) is 5.29. The number of hydrogen-bond donors (Lipinski definition) is 1. The molecule has 0 amide bonds. The van der Waals surface area contributed by atoms with E-state index in [1.165, 1.54) is 11.2 Å². The fourth-order valence-corrected chi connectivity index (χ4v) is 3.84. The second-order valence-corrected chi connectivity index (χ2v) is 6.69. The third kappa shape index (κ3) is 2.63. The van der Waals surface area contributed by atoms with Gasteiger partial charge in [0.15, 0.2) is 0 Å². The molecule has 1 fully saturated rings. The molecule has 0 bridgehead atoms. The van der Waals surface area contributed by atoms with Gasteiger partial charge in [-0.2, -0.15) is 4.31 Å². The zero-order valence-corrected chi connectivity index (χ0v) is 11.4. The van der Waals surface area contributed by atoms with E-state index in [1.807, 2.05) is 0 Å². The second kappa shape index (κ2) is 5.15. The molecule has 1 aromatic carbocycles. The van der Waals surface area contributed by atoms with Crippen LogP contribution in [0.1, 0.15) is 12.0 Å². The van der Waals surface area contributed by atoms with Crippen molar-refractivity contribution >= 4 is 10.0 Å². The number of nitrogens with two attached hydrogens (primary N) is 1. The summed E-state index contributed by atoms with van der Waals surface area (Å²) in [6.07, 6.45) is 0.664. The topological polar surface area (TPSA) is 63.4 Å². The Kier molecular flexibility index (Phi) is 3.89. The standard InChI is InChI=1S/C12H16F2N2O2S/c1-8-4-12(11(14)5-10(8)13)19(17,18)16-3-2-9(6-15)7-16/h4-5,9H,2-3,6-7,15H2,1H3. The Labute approximate surface area is 111 Å². The van der Waals surface area contributed by atoms with Crippen LogP contribution in [0.3, 0.4) is 0 Å². The van der Waals surface area contributed by atoms with Crippen LogP contribution < -0.4 is 5.73 Å². The Bertz CT molecular complexity index is 590. The van der Waals surface area contributed by atoms with Crippen molar-refractivity contribution in [3.63, 3.8) is 0 Å². The molecule has 0 spiro atoms. The molecule has 0 aromatic heterocycles. The molecular weight excluding hydrogens is 274 g/mol. The van der Waals surface area contributed by atoms with Crippen LogP contribution in [-0.4, -0.2) is 32.4 Å². The summed E-state index contributed by atoms with van der Waals surface area (Å²) >= 11 is 0. The van der Waals surface area contributed by atoms with Gasteiger partial charge in [-0.05, 0) is 37.4 Å². The molecule has 1 saturated heterocycles. The van der Waals surface area contributed by atoms with Crippen molar-refractivity contribution in [1.82, 2.24) is 4.31 Å². The predicted octanol–water partition coefficient (Wildman–Crippen LogP) is 1.24. The molecule has 1 atom stereocenters. The van der Waals surface area contributed by atoms with Gasteiger partial charge in [-0.1, -0.05) is 0 Å². The van der Waals surface area contributed by atoms with Crippen molar-refractivity contribution in [3.05, 3.63) is 29.3 Å². The minimum atomic E-state index is -3.92. The quantitative estimate of drug-likeness (QED) is 0.911. The molecule has 1 aliphatic rings. The molecule has 7 heteroatoms. The van der Waals surface area contributed by atoms with Crippen molar-refractivity contribution in [2.45, 2.75) is 18.2 Å². The average molecular weight is 290 g/mol. The highest BCUT2D eigenvalue weighted by Crippen LogP contribution is 2.27. The monoisotopic (exact) mass is 290 g/mol. The van der Waals surface area contributed by atoms with Crippen molar-refractivity contribution in [3.8, 4) is 0 Å². The second-order valence-electron chi connectivity index (χ2n) is 4.79. The van der Waals surface area contributed by atoms with Crippen LogP contribution in [0.25, 0.3) is 0 Å². The van der Waals surface area contributed by atoms with E-state index in [2.05, 4.69) is 0 Å². The van der Waals surface area contributed by atoms with Crippen LogP contribution in [0.15, 0.2) is 17.0 Å². The minimum Gasteiger partial charge on any atom is -0.330 e. The Balaban J connectivity index is 2.38. The maximum absolute atomic E-state index is 13.7. The summed E-state index contributed by atoms with van der Waals surface area (Å²) < 4.78 is 52.7. The summed E-state index contributed by atoms with van der Waals surface area (Å²) in [5, 5.41) is 0. The van der Waals surface area contributed by atoms with Crippen LogP contribution in [-0.2, 0) is 10.0 Å². The van der Waals surface area contributed by atoms with E-state index in [4.69, 9.17) is 5.73 Å². The van der Waals surface area contributed by atoms with E-state index in [0.29, 0.717) is 25.6 Å². The number of halogens is 2. The van der Waals surface area contributed by atoms with Gasteiger partial charge in [-0.15, -0.1) is 0 Å². The first kappa shape index (κ1) is 14.4. The Hall–Kier alpha value is -1.05. The van der Waals surface area contributed by atoms with Gasteiger partial charge in [0.1, 0.15) is 16.5 Å². The fraction of sp³-hybridized carbons (Fsp3) is 0.500. The van der Waals surface area contributed by atoms with Crippen molar-refractivity contribution in [2.75, 3.05) is 19.6 Å². The maximum atomic E-state index is 13.7. The fourth-order valence-electron chi connectivity index (χ4n) is 2.18. The lowest BCUT2D eigenvalue weighted by atomic mass is 10.1. The van der Waals surface area contributed by atoms with Gasteiger partial charge < -0.3 is 5.73 Å². The zero-order chi connectivity index (χ0) is 14.2. The first-order valence-electron chi connectivity index (χ1n) is 6.02. The number of hydrogen-bond acceptors (Lipinski definition) is 3. The van der Waals surface area contributed by atoms with E-state index in [9.17, 15) is 17.2 Å². The number of nitrogens with zero attached hydrogens (tertiary/aromatic N) is 1. The third-order valence-electron chi connectivity index (χ3n) is 3.41. The van der Waals surface area contributed by atoms with Gasteiger partial charge in [-0.3, -0.25) is 0 Å². The SMILES string of the molecule is Cc1cc(S(=O)(=O)N2CCC(CN)C2)c(F)cc1F. The van der Waals surface area contributed by atoms with Crippen LogP contribution in [0.5, 0.6) is 0 Å². The highest BCUT2D eigenvalue weighted by Gasteiger charge is 2.34. The van der Waals surface area contributed by atoms with E-state index >= 15 is 0 Å². The summed E-state index contributed by atoms with van der Waals surface area (Å²) in [6.45, 7) is 2.41. The van der Waals surface area contributed by atoms with Crippen LogP contribution >= 0.6 is 0 Å². The Morgan fingerprint density at radius 1 is 1.37 bits per heavy atom. The first-order chi connectivity index (χ1) is 8.86.